The van der Waals surface area contributed by atoms with Crippen molar-refractivity contribution in [1.29, 1.82) is 0 Å². The molecule has 0 aliphatic carbocycles. The number of hydrogen-bond acceptors (Lipinski definition) is 2. The number of nitrogens with zero attached hydrogens (tertiary/aromatic N) is 2. The average Bonchev–Trinajstić information content (AvgIpc) is 2.95. The lowest BCUT2D eigenvalue weighted by atomic mass is 10.2. The molecule has 3 rings (SSSR count). The monoisotopic (exact) mass is 339 g/mol. The quantitative estimate of drug-likeness (QED) is 0.714. The lowest BCUT2D eigenvalue weighted by molar-refractivity contribution is -0.121. The van der Waals surface area contributed by atoms with Gasteiger partial charge in [-0.05, 0) is 36.2 Å². The van der Waals surface area contributed by atoms with Crippen LogP contribution in [-0.4, -0.2) is 22.0 Å². The number of halogens is 1. The maximum atomic E-state index is 13.1. The summed E-state index contributed by atoms with van der Waals surface area (Å²) in [5.41, 5.74) is 2.99. The normalized spacial score (nSPS) is 11.0. The zero-order chi connectivity index (χ0) is 17.6. The van der Waals surface area contributed by atoms with Crippen molar-refractivity contribution in [2.24, 2.45) is 0 Å². The molecule has 5 heteroatoms. The van der Waals surface area contributed by atoms with Crippen molar-refractivity contribution in [3.05, 3.63) is 65.7 Å². The Morgan fingerprint density at radius 2 is 1.92 bits per heavy atom. The van der Waals surface area contributed by atoms with Crippen LogP contribution in [0, 0.1) is 5.82 Å². The van der Waals surface area contributed by atoms with E-state index in [0.717, 1.165) is 28.8 Å². The molecule has 0 saturated carbocycles. The van der Waals surface area contributed by atoms with Crippen LogP contribution in [0.2, 0.25) is 0 Å². The molecule has 4 nitrogen and oxygen atoms in total. The van der Waals surface area contributed by atoms with Crippen molar-refractivity contribution in [3.8, 4) is 0 Å². The second-order valence-electron chi connectivity index (χ2n) is 6.08. The number of benzene rings is 2. The maximum absolute atomic E-state index is 13.1. The molecule has 0 fully saturated rings. The number of amides is 1. The van der Waals surface area contributed by atoms with Gasteiger partial charge in [-0.1, -0.05) is 31.2 Å². The Morgan fingerprint density at radius 3 is 2.68 bits per heavy atom. The van der Waals surface area contributed by atoms with E-state index in [1.165, 1.54) is 12.1 Å². The van der Waals surface area contributed by atoms with Crippen molar-refractivity contribution in [3.63, 3.8) is 0 Å². The first-order chi connectivity index (χ1) is 12.2. The molecule has 130 valence electrons. The van der Waals surface area contributed by atoms with Gasteiger partial charge < -0.3 is 9.88 Å². The molecule has 0 aliphatic heterocycles. The summed E-state index contributed by atoms with van der Waals surface area (Å²) in [7, 11) is 0. The van der Waals surface area contributed by atoms with E-state index in [9.17, 15) is 9.18 Å². The molecule has 25 heavy (non-hydrogen) atoms. The summed E-state index contributed by atoms with van der Waals surface area (Å²) in [6.07, 6.45) is 2.05. The minimum atomic E-state index is -0.238. The molecular formula is C20H22FN3O. The highest BCUT2D eigenvalue weighted by Gasteiger charge is 2.11. The van der Waals surface area contributed by atoms with Gasteiger partial charge >= 0.3 is 0 Å². The van der Waals surface area contributed by atoms with Crippen LogP contribution in [0.5, 0.6) is 0 Å². The van der Waals surface area contributed by atoms with E-state index in [1.807, 2.05) is 31.2 Å². The summed E-state index contributed by atoms with van der Waals surface area (Å²) in [6.45, 7) is 3.17. The maximum Gasteiger partial charge on any atom is 0.219 e. The average molecular weight is 339 g/mol. The van der Waals surface area contributed by atoms with Gasteiger partial charge in [-0.15, -0.1) is 0 Å². The number of hydrogen-bond donors (Lipinski definition) is 1. The highest BCUT2D eigenvalue weighted by Crippen LogP contribution is 2.18. The van der Waals surface area contributed by atoms with Crippen LogP contribution in [0.4, 0.5) is 4.39 Å². The number of para-hydroxylation sites is 2. The third-order valence-electron chi connectivity index (χ3n) is 4.14. The smallest absolute Gasteiger partial charge is 0.219 e. The van der Waals surface area contributed by atoms with Crippen LogP contribution in [0.15, 0.2) is 48.5 Å². The fourth-order valence-electron chi connectivity index (χ4n) is 2.89. The predicted octanol–water partition coefficient (Wildman–Crippen LogP) is 3.68. The van der Waals surface area contributed by atoms with E-state index in [0.29, 0.717) is 25.9 Å². The second-order valence-corrected chi connectivity index (χ2v) is 6.08. The van der Waals surface area contributed by atoms with Gasteiger partial charge in [-0.3, -0.25) is 4.79 Å². The number of imidazole rings is 1. The molecule has 0 saturated heterocycles. The first kappa shape index (κ1) is 17.1. The summed E-state index contributed by atoms with van der Waals surface area (Å²) >= 11 is 0. The van der Waals surface area contributed by atoms with Gasteiger partial charge in [-0.25, -0.2) is 9.37 Å². The van der Waals surface area contributed by atoms with E-state index < -0.39 is 0 Å². The summed E-state index contributed by atoms with van der Waals surface area (Å²) in [4.78, 5) is 16.3. The highest BCUT2D eigenvalue weighted by molar-refractivity contribution is 5.76. The molecule has 1 aromatic heterocycles. The van der Waals surface area contributed by atoms with Crippen LogP contribution in [-0.2, 0) is 17.8 Å². The zero-order valence-corrected chi connectivity index (χ0v) is 14.3. The van der Waals surface area contributed by atoms with E-state index in [2.05, 4.69) is 9.88 Å². The van der Waals surface area contributed by atoms with Crippen molar-refractivity contribution >= 4 is 16.9 Å². The van der Waals surface area contributed by atoms with Crippen LogP contribution in [0.3, 0.4) is 0 Å². The van der Waals surface area contributed by atoms with Crippen LogP contribution in [0.25, 0.3) is 11.0 Å². The Kier molecular flexibility index (Phi) is 5.43. The van der Waals surface area contributed by atoms with Gasteiger partial charge in [0.25, 0.3) is 0 Å². The zero-order valence-electron chi connectivity index (χ0n) is 14.3. The molecule has 1 heterocycles. The van der Waals surface area contributed by atoms with Crippen molar-refractivity contribution < 1.29 is 9.18 Å². The van der Waals surface area contributed by atoms with Crippen molar-refractivity contribution in [2.45, 2.75) is 32.7 Å². The first-order valence-electron chi connectivity index (χ1n) is 8.62. The number of carbonyl (C=O) groups excluding carboxylic acids is 1. The minimum Gasteiger partial charge on any atom is -0.356 e. The van der Waals surface area contributed by atoms with E-state index in [4.69, 9.17) is 4.98 Å². The van der Waals surface area contributed by atoms with Gasteiger partial charge in [0.05, 0.1) is 11.0 Å². The molecule has 3 aromatic rings. The van der Waals surface area contributed by atoms with E-state index in [-0.39, 0.29) is 11.7 Å². The molecule has 0 aliphatic rings. The highest BCUT2D eigenvalue weighted by atomic mass is 19.1. The Labute approximate surface area is 146 Å². The molecule has 0 unspecified atom stereocenters. The third-order valence-corrected chi connectivity index (χ3v) is 4.14. The van der Waals surface area contributed by atoms with Crippen LogP contribution < -0.4 is 5.32 Å². The van der Waals surface area contributed by atoms with Gasteiger partial charge in [0, 0.05) is 25.9 Å². The van der Waals surface area contributed by atoms with Crippen molar-refractivity contribution in [1.82, 2.24) is 14.9 Å². The summed E-state index contributed by atoms with van der Waals surface area (Å²) in [6, 6.07) is 14.5. The molecule has 0 spiro atoms. The fraction of sp³-hybridized carbons (Fsp3) is 0.300. The minimum absolute atomic E-state index is 0.0729. The standard InChI is InChI=1S/C20H22FN3O/c1-2-5-20(25)22-13-12-19-23-17-6-3-4-7-18(17)24(19)14-15-8-10-16(21)11-9-15/h3-4,6-11H,2,5,12-14H2,1H3,(H,22,25). The molecule has 1 amide bonds. The molecule has 1 N–H and O–H groups in total. The Balaban J connectivity index is 1.81. The molecule has 0 bridgehead atoms. The van der Waals surface area contributed by atoms with Gasteiger partial charge in [-0.2, -0.15) is 0 Å². The van der Waals surface area contributed by atoms with E-state index >= 15 is 0 Å². The third kappa shape index (κ3) is 4.24. The Hall–Kier alpha value is -2.69. The Morgan fingerprint density at radius 1 is 1.16 bits per heavy atom. The lowest BCUT2D eigenvalue weighted by Crippen LogP contribution is -2.26. The SMILES string of the molecule is CCCC(=O)NCCc1nc2ccccc2n1Cc1ccc(F)cc1. The number of aromatic nitrogens is 2. The predicted molar refractivity (Wildman–Crippen MR) is 96.9 cm³/mol. The molecule has 0 atom stereocenters. The lowest BCUT2D eigenvalue weighted by Gasteiger charge is -2.10. The number of rotatable bonds is 7. The van der Waals surface area contributed by atoms with Crippen LogP contribution >= 0.6 is 0 Å². The van der Waals surface area contributed by atoms with Gasteiger partial charge in [0.15, 0.2) is 0 Å². The van der Waals surface area contributed by atoms with Crippen LogP contribution in [0.1, 0.15) is 31.2 Å². The fourth-order valence-corrected chi connectivity index (χ4v) is 2.89. The topological polar surface area (TPSA) is 46.9 Å². The summed E-state index contributed by atoms with van der Waals surface area (Å²) in [5.74, 6) is 0.754. The number of fused-ring (bicyclic) bond motifs is 1. The molecular weight excluding hydrogens is 317 g/mol. The largest absolute Gasteiger partial charge is 0.356 e. The first-order valence-corrected chi connectivity index (χ1v) is 8.62. The number of carbonyl (C=O) groups is 1. The van der Waals surface area contributed by atoms with E-state index in [1.54, 1.807) is 12.1 Å². The number of nitrogens with one attached hydrogen (secondary N) is 1. The summed E-state index contributed by atoms with van der Waals surface area (Å²) < 4.78 is 15.3. The molecule has 0 radical (unpaired) electrons. The van der Waals surface area contributed by atoms with Crippen molar-refractivity contribution in [2.75, 3.05) is 6.54 Å². The molecule has 2 aromatic carbocycles. The Bertz CT molecular complexity index is 855. The summed E-state index contributed by atoms with van der Waals surface area (Å²) in [5, 5.41) is 2.93. The second kappa shape index (κ2) is 7.92. The van der Waals surface area contributed by atoms with Gasteiger partial charge in [0.1, 0.15) is 11.6 Å². The van der Waals surface area contributed by atoms with Gasteiger partial charge in [0.2, 0.25) is 5.91 Å².